The van der Waals surface area contributed by atoms with Gasteiger partial charge >= 0.3 is 11.9 Å². The molecule has 0 bridgehead atoms. The molecule has 2 unspecified atom stereocenters. The van der Waals surface area contributed by atoms with Crippen LogP contribution in [0.2, 0.25) is 0 Å². The van der Waals surface area contributed by atoms with Crippen molar-refractivity contribution < 1.29 is 34.1 Å². The Morgan fingerprint density at radius 2 is 1.25 bits per heavy atom. The number of nitrogens with one attached hydrogen (secondary N) is 2. The first-order valence-electron chi connectivity index (χ1n) is 16.2. The van der Waals surface area contributed by atoms with Crippen LogP contribution in [0, 0.1) is 0 Å². The summed E-state index contributed by atoms with van der Waals surface area (Å²) in [4.78, 5) is 47.0. The third-order valence-electron chi connectivity index (χ3n) is 6.56. The van der Waals surface area contributed by atoms with Crippen LogP contribution in [0.25, 0.3) is 0 Å². The van der Waals surface area contributed by atoms with Crippen LogP contribution in [-0.2, 0) is 23.9 Å². The largest absolute Gasteiger partial charge is 0.480 e. The van der Waals surface area contributed by atoms with E-state index < -0.39 is 24.5 Å². The van der Waals surface area contributed by atoms with Gasteiger partial charge in [0.2, 0.25) is 11.8 Å². The summed E-state index contributed by atoms with van der Waals surface area (Å²) >= 11 is 0. The standard InChI is InChI=1S/C35H56N2O7/c1-3-5-7-8-9-10-11-12-13-14-15-16-17-18-23-27-34(41)44-30(24-20-6-4-2)25-21-19-22-26-32(39)36-28-33(40)37-31(29-38)35(42)43/h5,7,9-10,12-13,15-16,18,23,30-31,38H,3-4,6,8,11,14,17,19-22,24-29H2,1-2H3,(H,36,39)(H,37,40)(H,42,43)/b7-5-,10-9-,13-12-,16-15-,23-18-. The highest BCUT2D eigenvalue weighted by atomic mass is 16.5. The van der Waals surface area contributed by atoms with E-state index in [1.807, 2.05) is 12.2 Å². The van der Waals surface area contributed by atoms with Crippen LogP contribution >= 0.6 is 0 Å². The molecule has 0 rings (SSSR count). The molecule has 2 amide bonds. The van der Waals surface area contributed by atoms with Gasteiger partial charge in [0.05, 0.1) is 19.6 Å². The number of hydrogen-bond acceptors (Lipinski definition) is 6. The lowest BCUT2D eigenvalue weighted by Gasteiger charge is -2.17. The first kappa shape index (κ1) is 40.5. The van der Waals surface area contributed by atoms with E-state index in [2.05, 4.69) is 73.1 Å². The summed E-state index contributed by atoms with van der Waals surface area (Å²) in [6, 6.07) is -1.40. The molecular formula is C35H56N2O7. The van der Waals surface area contributed by atoms with Crippen molar-refractivity contribution in [1.82, 2.24) is 10.6 Å². The average Bonchev–Trinajstić information content (AvgIpc) is 3.00. The fourth-order valence-electron chi connectivity index (χ4n) is 4.08. The maximum absolute atomic E-state index is 12.4. The molecule has 4 N–H and O–H groups in total. The lowest BCUT2D eigenvalue weighted by molar-refractivity contribution is -0.148. The normalized spacial score (nSPS) is 13.3. The first-order valence-corrected chi connectivity index (χ1v) is 16.2. The molecule has 0 saturated heterocycles. The molecule has 9 heteroatoms. The number of carbonyl (C=O) groups is 4. The average molecular weight is 617 g/mol. The van der Waals surface area contributed by atoms with Crippen molar-refractivity contribution >= 4 is 23.8 Å². The van der Waals surface area contributed by atoms with Crippen LogP contribution in [0.3, 0.4) is 0 Å². The Bertz CT molecular complexity index is 937. The molecule has 0 aromatic carbocycles. The van der Waals surface area contributed by atoms with Gasteiger partial charge in [-0.15, -0.1) is 0 Å². The molecule has 0 aliphatic carbocycles. The van der Waals surface area contributed by atoms with E-state index in [-0.39, 0.29) is 37.4 Å². The van der Waals surface area contributed by atoms with Crippen molar-refractivity contribution in [2.24, 2.45) is 0 Å². The Kier molecular flexibility index (Phi) is 27.3. The Morgan fingerprint density at radius 1 is 0.705 bits per heavy atom. The maximum Gasteiger partial charge on any atom is 0.328 e. The van der Waals surface area contributed by atoms with Crippen molar-refractivity contribution in [3.63, 3.8) is 0 Å². The van der Waals surface area contributed by atoms with Crippen molar-refractivity contribution in [2.75, 3.05) is 13.2 Å². The summed E-state index contributed by atoms with van der Waals surface area (Å²) < 4.78 is 5.76. The number of unbranched alkanes of at least 4 members (excludes halogenated alkanes) is 4. The molecule has 0 aromatic rings. The van der Waals surface area contributed by atoms with Crippen LogP contribution in [0.4, 0.5) is 0 Å². The highest BCUT2D eigenvalue weighted by Crippen LogP contribution is 2.16. The number of aliphatic hydroxyl groups excluding tert-OH is 1. The van der Waals surface area contributed by atoms with Gasteiger partial charge in [-0.2, -0.15) is 0 Å². The zero-order valence-electron chi connectivity index (χ0n) is 26.9. The van der Waals surface area contributed by atoms with Crippen LogP contribution in [0.15, 0.2) is 60.8 Å². The molecule has 0 saturated carbocycles. The van der Waals surface area contributed by atoms with Crippen LogP contribution in [-0.4, -0.2) is 59.3 Å². The van der Waals surface area contributed by atoms with Crippen LogP contribution in [0.1, 0.15) is 110 Å². The van der Waals surface area contributed by atoms with Gasteiger partial charge < -0.3 is 25.6 Å². The van der Waals surface area contributed by atoms with Gasteiger partial charge in [0.15, 0.2) is 0 Å². The third kappa shape index (κ3) is 26.2. The van der Waals surface area contributed by atoms with E-state index in [0.717, 1.165) is 77.0 Å². The van der Waals surface area contributed by atoms with Gasteiger partial charge in [0, 0.05) is 6.42 Å². The maximum atomic E-state index is 12.4. The lowest BCUT2D eigenvalue weighted by Crippen LogP contribution is -2.47. The summed E-state index contributed by atoms with van der Waals surface area (Å²) in [7, 11) is 0. The second-order valence-electron chi connectivity index (χ2n) is 10.5. The van der Waals surface area contributed by atoms with Crippen LogP contribution < -0.4 is 10.6 Å². The number of carboxylic acid groups (broad SMARTS) is 1. The molecular weight excluding hydrogens is 560 g/mol. The topological polar surface area (TPSA) is 142 Å². The van der Waals surface area contributed by atoms with Gasteiger partial charge in [-0.3, -0.25) is 14.4 Å². The molecule has 0 radical (unpaired) electrons. The van der Waals surface area contributed by atoms with Crippen molar-refractivity contribution in [1.29, 1.82) is 0 Å². The minimum absolute atomic E-state index is 0.136. The molecule has 2 atom stereocenters. The number of amides is 2. The Hall–Kier alpha value is -3.46. The van der Waals surface area contributed by atoms with E-state index in [4.69, 9.17) is 14.9 Å². The van der Waals surface area contributed by atoms with Crippen molar-refractivity contribution in [2.45, 2.75) is 122 Å². The molecule has 0 fully saturated rings. The Labute approximate surface area is 264 Å². The Morgan fingerprint density at radius 3 is 1.77 bits per heavy atom. The first-order chi connectivity index (χ1) is 21.3. The van der Waals surface area contributed by atoms with Crippen molar-refractivity contribution in [3.05, 3.63) is 60.8 Å². The van der Waals surface area contributed by atoms with Gasteiger partial charge in [0.1, 0.15) is 12.1 Å². The number of ether oxygens (including phenoxy) is 1. The lowest BCUT2D eigenvalue weighted by atomic mass is 10.0. The fourth-order valence-corrected chi connectivity index (χ4v) is 4.08. The van der Waals surface area contributed by atoms with Gasteiger partial charge in [0.25, 0.3) is 0 Å². The summed E-state index contributed by atoms with van der Waals surface area (Å²) in [5, 5.41) is 22.4. The number of rotatable bonds is 27. The molecule has 0 aromatic heterocycles. The van der Waals surface area contributed by atoms with E-state index >= 15 is 0 Å². The number of allylic oxidation sites excluding steroid dienone is 9. The molecule has 44 heavy (non-hydrogen) atoms. The number of aliphatic hydroxyl groups is 1. The summed E-state index contributed by atoms with van der Waals surface area (Å²) in [5.41, 5.74) is 0. The van der Waals surface area contributed by atoms with E-state index in [0.29, 0.717) is 6.42 Å². The van der Waals surface area contributed by atoms with E-state index in [9.17, 15) is 19.2 Å². The molecule has 248 valence electrons. The Balaban J connectivity index is 4.22. The quantitative estimate of drug-likeness (QED) is 0.0486. The number of aliphatic carboxylic acids is 1. The molecule has 0 aliphatic rings. The highest BCUT2D eigenvalue weighted by molar-refractivity contribution is 5.87. The minimum atomic E-state index is -1.40. The number of carboxylic acids is 1. The highest BCUT2D eigenvalue weighted by Gasteiger charge is 2.19. The second-order valence-corrected chi connectivity index (χ2v) is 10.5. The number of hydrogen-bond donors (Lipinski definition) is 4. The predicted molar refractivity (Wildman–Crippen MR) is 176 cm³/mol. The predicted octanol–water partition coefficient (Wildman–Crippen LogP) is 6.25. The van der Waals surface area contributed by atoms with Gasteiger partial charge in [-0.25, -0.2) is 4.79 Å². The number of esters is 1. The minimum Gasteiger partial charge on any atom is -0.480 e. The van der Waals surface area contributed by atoms with Crippen LogP contribution in [0.5, 0.6) is 0 Å². The third-order valence-corrected chi connectivity index (χ3v) is 6.56. The zero-order valence-corrected chi connectivity index (χ0v) is 26.9. The SMILES string of the molecule is CC/C=C\C/C=C\C/C=C\C/C=C\C/C=C\CC(=O)OC(CCCCC)CCCCCC(=O)NCC(=O)NC(CO)C(=O)O. The molecule has 0 aliphatic heterocycles. The van der Waals surface area contributed by atoms with Crippen molar-refractivity contribution in [3.8, 4) is 0 Å². The summed E-state index contributed by atoms with van der Waals surface area (Å²) in [6.45, 7) is 3.18. The smallest absolute Gasteiger partial charge is 0.328 e. The monoisotopic (exact) mass is 616 g/mol. The summed E-state index contributed by atoms with van der Waals surface area (Å²) in [6.07, 6.45) is 33.0. The molecule has 0 heterocycles. The number of carbonyl (C=O) groups excluding carboxylic acids is 3. The second kappa shape index (κ2) is 29.6. The van der Waals surface area contributed by atoms with Gasteiger partial charge in [-0.05, 0) is 64.2 Å². The zero-order chi connectivity index (χ0) is 32.7. The molecule has 0 spiro atoms. The molecule has 9 nitrogen and oxygen atoms in total. The van der Waals surface area contributed by atoms with E-state index in [1.54, 1.807) is 0 Å². The van der Waals surface area contributed by atoms with E-state index in [1.165, 1.54) is 0 Å². The summed E-state index contributed by atoms with van der Waals surface area (Å²) in [5.74, 6) is -2.56. The fraction of sp³-hybridized carbons (Fsp3) is 0.600. The van der Waals surface area contributed by atoms with Gasteiger partial charge in [-0.1, -0.05) is 93.9 Å².